The van der Waals surface area contributed by atoms with Crippen LogP contribution in [0.3, 0.4) is 0 Å². The van der Waals surface area contributed by atoms with E-state index in [0.29, 0.717) is 32.8 Å². The summed E-state index contributed by atoms with van der Waals surface area (Å²) < 4.78 is 11.3. The van der Waals surface area contributed by atoms with Gasteiger partial charge in [-0.25, -0.2) is 0 Å². The second-order valence-corrected chi connectivity index (χ2v) is 8.73. The van der Waals surface area contributed by atoms with Crippen molar-refractivity contribution in [3.8, 4) is 17.6 Å². The van der Waals surface area contributed by atoms with Gasteiger partial charge in [0.05, 0.1) is 12.1 Å². The average molecular weight is 516 g/mol. The minimum atomic E-state index is -0.529. The first-order valence-electron chi connectivity index (χ1n) is 10.2. The van der Waals surface area contributed by atoms with Gasteiger partial charge in [0, 0.05) is 21.3 Å². The lowest BCUT2D eigenvalue weighted by atomic mass is 10.1. The van der Waals surface area contributed by atoms with E-state index in [1.807, 2.05) is 32.0 Å². The van der Waals surface area contributed by atoms with E-state index in [4.69, 9.17) is 44.3 Å². The first kappa shape index (κ1) is 25.5. The quantitative estimate of drug-likeness (QED) is 0.263. The maximum Gasteiger partial charge on any atom is 0.266 e. The Morgan fingerprint density at radius 1 is 1.03 bits per heavy atom. The van der Waals surface area contributed by atoms with Crippen LogP contribution in [0.2, 0.25) is 15.1 Å². The zero-order valence-electron chi connectivity index (χ0n) is 18.7. The summed E-state index contributed by atoms with van der Waals surface area (Å²) in [4.78, 5) is 12.7. The molecular formula is C26H21Cl3N2O3. The van der Waals surface area contributed by atoms with Gasteiger partial charge in [-0.2, -0.15) is 5.26 Å². The molecule has 8 heteroatoms. The number of carbonyl (C=O) groups is 1. The molecule has 34 heavy (non-hydrogen) atoms. The van der Waals surface area contributed by atoms with Crippen LogP contribution in [-0.2, 0) is 11.4 Å². The molecule has 5 nitrogen and oxygen atoms in total. The molecule has 1 N–H and O–H groups in total. The molecule has 174 valence electrons. The third kappa shape index (κ3) is 6.24. The molecule has 1 amide bonds. The molecule has 0 unspecified atom stereocenters. The summed E-state index contributed by atoms with van der Waals surface area (Å²) in [5.74, 6) is 0.125. The fourth-order valence-corrected chi connectivity index (χ4v) is 3.82. The van der Waals surface area contributed by atoms with Crippen LogP contribution in [0.15, 0.2) is 54.1 Å². The smallest absolute Gasteiger partial charge is 0.266 e. The van der Waals surface area contributed by atoms with Gasteiger partial charge in [-0.1, -0.05) is 46.9 Å². The summed E-state index contributed by atoms with van der Waals surface area (Å²) in [6, 6.07) is 15.8. The minimum Gasteiger partial charge on any atom is -0.493 e. The highest BCUT2D eigenvalue weighted by atomic mass is 35.5. The third-order valence-corrected chi connectivity index (χ3v) is 5.95. The molecule has 0 aliphatic carbocycles. The number of nitriles is 1. The van der Waals surface area contributed by atoms with Crippen LogP contribution < -0.4 is 14.8 Å². The number of anilines is 1. The lowest BCUT2D eigenvalue weighted by Gasteiger charge is -2.14. The monoisotopic (exact) mass is 514 g/mol. The van der Waals surface area contributed by atoms with E-state index in [0.717, 1.165) is 16.7 Å². The number of hydrogen-bond donors (Lipinski definition) is 1. The van der Waals surface area contributed by atoms with Crippen molar-refractivity contribution in [1.82, 2.24) is 0 Å². The number of rotatable bonds is 7. The first-order valence-corrected chi connectivity index (χ1v) is 11.3. The van der Waals surface area contributed by atoms with Crippen LogP contribution in [0, 0.1) is 25.2 Å². The molecule has 0 heterocycles. The van der Waals surface area contributed by atoms with Crippen LogP contribution in [0.4, 0.5) is 5.69 Å². The van der Waals surface area contributed by atoms with Gasteiger partial charge in [0.1, 0.15) is 18.2 Å². The van der Waals surface area contributed by atoms with Gasteiger partial charge in [0.15, 0.2) is 11.5 Å². The van der Waals surface area contributed by atoms with Crippen molar-refractivity contribution in [1.29, 1.82) is 5.26 Å². The molecule has 0 bridgehead atoms. The predicted molar refractivity (Wildman–Crippen MR) is 137 cm³/mol. The van der Waals surface area contributed by atoms with Crippen molar-refractivity contribution in [3.63, 3.8) is 0 Å². The van der Waals surface area contributed by atoms with Gasteiger partial charge >= 0.3 is 0 Å². The Hall–Kier alpha value is -3.17. The van der Waals surface area contributed by atoms with Crippen molar-refractivity contribution in [2.75, 3.05) is 12.4 Å². The molecule has 0 aliphatic rings. The van der Waals surface area contributed by atoms with Gasteiger partial charge < -0.3 is 14.8 Å². The maximum absolute atomic E-state index is 12.7. The summed E-state index contributed by atoms with van der Waals surface area (Å²) in [5, 5.41) is 13.5. The predicted octanol–water partition coefficient (Wildman–Crippen LogP) is 7.40. The van der Waals surface area contributed by atoms with Crippen molar-refractivity contribution in [3.05, 3.63) is 91.4 Å². The summed E-state index contributed by atoms with van der Waals surface area (Å²) in [6.07, 6.45) is 1.44. The van der Waals surface area contributed by atoms with E-state index in [-0.39, 0.29) is 17.2 Å². The number of benzene rings is 3. The van der Waals surface area contributed by atoms with E-state index in [1.165, 1.54) is 13.2 Å². The van der Waals surface area contributed by atoms with Crippen molar-refractivity contribution >= 4 is 52.5 Å². The van der Waals surface area contributed by atoms with Gasteiger partial charge in [0.25, 0.3) is 5.91 Å². The topological polar surface area (TPSA) is 71.3 Å². The summed E-state index contributed by atoms with van der Waals surface area (Å²) in [7, 11) is 1.47. The van der Waals surface area contributed by atoms with E-state index in [2.05, 4.69) is 5.32 Å². The molecule has 0 aliphatic heterocycles. The molecule has 0 saturated carbocycles. The molecule has 3 aromatic carbocycles. The largest absolute Gasteiger partial charge is 0.493 e. The number of nitrogens with zero attached hydrogens (tertiary/aromatic N) is 1. The Morgan fingerprint density at radius 2 is 1.79 bits per heavy atom. The Balaban J connectivity index is 1.83. The molecule has 0 radical (unpaired) electrons. The van der Waals surface area contributed by atoms with E-state index >= 15 is 0 Å². The van der Waals surface area contributed by atoms with Gasteiger partial charge in [-0.3, -0.25) is 4.79 Å². The van der Waals surface area contributed by atoms with Crippen LogP contribution in [-0.4, -0.2) is 13.0 Å². The lowest BCUT2D eigenvalue weighted by Crippen LogP contribution is -2.13. The second kappa shape index (κ2) is 11.3. The molecule has 0 aromatic heterocycles. The van der Waals surface area contributed by atoms with Crippen molar-refractivity contribution in [2.45, 2.75) is 20.5 Å². The molecule has 0 fully saturated rings. The molecular weight excluding hydrogens is 495 g/mol. The number of ether oxygens (including phenoxy) is 2. The number of carbonyl (C=O) groups excluding carboxylic acids is 1. The number of aryl methyl sites for hydroxylation is 2. The number of halogens is 3. The SMILES string of the molecule is COc1cc(/C=C(\C#N)C(=O)Nc2ccc(C)c(C)c2)cc(Cl)c1OCc1ccc(Cl)cc1Cl. The summed E-state index contributed by atoms with van der Waals surface area (Å²) in [6.45, 7) is 4.07. The summed E-state index contributed by atoms with van der Waals surface area (Å²) >= 11 is 18.6. The van der Waals surface area contributed by atoms with Gasteiger partial charge in [-0.15, -0.1) is 0 Å². The fourth-order valence-electron chi connectivity index (χ4n) is 3.08. The van der Waals surface area contributed by atoms with Gasteiger partial charge in [0.2, 0.25) is 0 Å². The number of amides is 1. The van der Waals surface area contributed by atoms with E-state index in [9.17, 15) is 10.1 Å². The fraction of sp³-hybridized carbons (Fsp3) is 0.154. The Labute approximate surface area is 213 Å². The normalized spacial score (nSPS) is 11.0. The molecule has 3 aromatic rings. The van der Waals surface area contributed by atoms with Crippen LogP contribution >= 0.6 is 34.8 Å². The standard InChI is InChI=1S/C26H21Cl3N2O3/c1-15-4-7-21(8-16(15)2)31-26(32)19(13-30)9-17-10-23(29)25(24(11-17)33-3)34-14-18-5-6-20(27)12-22(18)28/h4-12H,14H2,1-3H3,(H,31,32)/b19-9+. The maximum atomic E-state index is 12.7. The summed E-state index contributed by atoms with van der Waals surface area (Å²) in [5.41, 5.74) is 3.89. The number of hydrogen-bond acceptors (Lipinski definition) is 4. The average Bonchev–Trinajstić information content (AvgIpc) is 2.79. The first-order chi connectivity index (χ1) is 16.2. The second-order valence-electron chi connectivity index (χ2n) is 7.48. The lowest BCUT2D eigenvalue weighted by molar-refractivity contribution is -0.112. The Bertz CT molecular complexity index is 1310. The highest BCUT2D eigenvalue weighted by molar-refractivity contribution is 6.35. The highest BCUT2D eigenvalue weighted by Crippen LogP contribution is 2.38. The van der Waals surface area contributed by atoms with E-state index < -0.39 is 5.91 Å². The van der Waals surface area contributed by atoms with Crippen LogP contribution in [0.1, 0.15) is 22.3 Å². The van der Waals surface area contributed by atoms with Crippen molar-refractivity contribution < 1.29 is 14.3 Å². The zero-order chi connectivity index (χ0) is 24.8. The zero-order valence-corrected chi connectivity index (χ0v) is 21.0. The molecule has 0 atom stereocenters. The van der Waals surface area contributed by atoms with Crippen molar-refractivity contribution in [2.24, 2.45) is 0 Å². The third-order valence-electron chi connectivity index (χ3n) is 5.08. The number of nitrogens with one attached hydrogen (secondary N) is 1. The number of methoxy groups -OCH3 is 1. The Kier molecular flexibility index (Phi) is 8.46. The highest BCUT2D eigenvalue weighted by Gasteiger charge is 2.15. The molecule has 0 saturated heterocycles. The minimum absolute atomic E-state index is 0.0852. The van der Waals surface area contributed by atoms with E-state index in [1.54, 1.807) is 36.4 Å². The Morgan fingerprint density at radius 3 is 2.44 bits per heavy atom. The molecule has 3 rings (SSSR count). The molecule has 0 spiro atoms. The van der Waals surface area contributed by atoms with Crippen LogP contribution in [0.25, 0.3) is 6.08 Å². The van der Waals surface area contributed by atoms with Gasteiger partial charge in [-0.05, 0) is 73.0 Å². The van der Waals surface area contributed by atoms with Crippen LogP contribution in [0.5, 0.6) is 11.5 Å².